The first kappa shape index (κ1) is 15.2. The maximum absolute atomic E-state index is 12.1. The molecular weight excluding hydrogens is 266 g/mol. The Labute approximate surface area is 124 Å². The van der Waals surface area contributed by atoms with Crippen molar-refractivity contribution in [3.05, 3.63) is 41.2 Å². The number of nitrogens with one attached hydrogen (secondary N) is 2. The van der Waals surface area contributed by atoms with Crippen molar-refractivity contribution in [1.29, 1.82) is 0 Å². The fraction of sp³-hybridized carbons (Fsp3) is 0.400. The van der Waals surface area contributed by atoms with Gasteiger partial charge in [-0.1, -0.05) is 24.3 Å². The van der Waals surface area contributed by atoms with Crippen LogP contribution in [0.15, 0.2) is 24.4 Å². The van der Waals surface area contributed by atoms with E-state index in [0.717, 1.165) is 29.1 Å². The summed E-state index contributed by atoms with van der Waals surface area (Å²) in [6, 6.07) is 5.98. The lowest BCUT2D eigenvalue weighted by molar-refractivity contribution is -0.116. The molecular formula is C15H21N5O. The largest absolute Gasteiger partial charge is 0.324 e. The highest BCUT2D eigenvalue weighted by molar-refractivity contribution is 5.91. The highest BCUT2D eigenvalue weighted by Gasteiger charge is 2.08. The molecule has 0 aliphatic heterocycles. The number of nitrogens with zero attached hydrogens (tertiary/aromatic N) is 3. The molecule has 0 aliphatic rings. The van der Waals surface area contributed by atoms with Gasteiger partial charge in [-0.2, -0.15) is 0 Å². The molecule has 1 aromatic carbocycles. The zero-order chi connectivity index (χ0) is 15.2. The lowest BCUT2D eigenvalue weighted by Crippen LogP contribution is -2.19. The van der Waals surface area contributed by atoms with E-state index in [0.29, 0.717) is 6.54 Å². The van der Waals surface area contributed by atoms with Crippen molar-refractivity contribution in [3.63, 3.8) is 0 Å². The van der Waals surface area contributed by atoms with Crippen LogP contribution in [0.3, 0.4) is 0 Å². The second kappa shape index (κ2) is 6.99. The molecule has 0 saturated carbocycles. The minimum absolute atomic E-state index is 0.108. The molecule has 112 valence electrons. The molecule has 0 aliphatic carbocycles. The Morgan fingerprint density at radius 2 is 2.14 bits per heavy atom. The van der Waals surface area contributed by atoms with Crippen LogP contribution in [0.25, 0.3) is 0 Å². The highest BCUT2D eigenvalue weighted by atomic mass is 16.2. The Kier molecular flexibility index (Phi) is 5.05. The number of carbonyl (C=O) groups is 1. The van der Waals surface area contributed by atoms with Gasteiger partial charge in [0.25, 0.3) is 0 Å². The molecule has 21 heavy (non-hydrogen) atoms. The summed E-state index contributed by atoms with van der Waals surface area (Å²) in [6.45, 7) is 7.70. The Morgan fingerprint density at radius 3 is 2.90 bits per heavy atom. The first-order valence-corrected chi connectivity index (χ1v) is 7.05. The number of benzene rings is 1. The second-order valence-corrected chi connectivity index (χ2v) is 5.05. The van der Waals surface area contributed by atoms with Crippen LogP contribution < -0.4 is 10.6 Å². The van der Waals surface area contributed by atoms with E-state index < -0.39 is 0 Å². The summed E-state index contributed by atoms with van der Waals surface area (Å²) in [5.74, 6) is -0.108. The third-order valence-electron chi connectivity index (χ3n) is 3.11. The molecule has 0 spiro atoms. The van der Waals surface area contributed by atoms with E-state index in [1.54, 1.807) is 10.9 Å². The van der Waals surface area contributed by atoms with Crippen molar-refractivity contribution in [1.82, 2.24) is 20.3 Å². The van der Waals surface area contributed by atoms with E-state index in [4.69, 9.17) is 0 Å². The summed E-state index contributed by atoms with van der Waals surface area (Å²) < 4.78 is 1.55. The average Bonchev–Trinajstić information content (AvgIpc) is 2.88. The molecule has 0 saturated heterocycles. The fourth-order valence-electron chi connectivity index (χ4n) is 1.96. The molecule has 0 unspecified atom stereocenters. The molecule has 0 atom stereocenters. The van der Waals surface area contributed by atoms with Crippen LogP contribution in [0.2, 0.25) is 0 Å². The van der Waals surface area contributed by atoms with Crippen LogP contribution in [-0.4, -0.2) is 27.4 Å². The number of amides is 1. The van der Waals surface area contributed by atoms with Crippen LogP contribution in [-0.2, 0) is 17.9 Å². The maximum atomic E-state index is 12.1. The van der Waals surface area contributed by atoms with Crippen LogP contribution >= 0.6 is 0 Å². The smallest absolute Gasteiger partial charge is 0.246 e. The topological polar surface area (TPSA) is 71.8 Å². The summed E-state index contributed by atoms with van der Waals surface area (Å²) in [5, 5.41) is 14.0. The quantitative estimate of drug-likeness (QED) is 0.847. The van der Waals surface area contributed by atoms with Gasteiger partial charge in [0.15, 0.2) is 0 Å². The molecule has 1 amide bonds. The van der Waals surface area contributed by atoms with Crippen LogP contribution in [0.5, 0.6) is 0 Å². The number of rotatable bonds is 6. The molecule has 6 nitrogen and oxygen atoms in total. The molecule has 1 heterocycles. The third kappa shape index (κ3) is 4.39. The summed E-state index contributed by atoms with van der Waals surface area (Å²) in [5.41, 5.74) is 3.83. The van der Waals surface area contributed by atoms with Gasteiger partial charge in [0, 0.05) is 12.2 Å². The number of hydrogen-bond acceptors (Lipinski definition) is 4. The molecule has 0 bridgehead atoms. The van der Waals surface area contributed by atoms with E-state index in [9.17, 15) is 4.79 Å². The Bertz CT molecular complexity index is 620. The number of aromatic nitrogens is 3. The Hall–Kier alpha value is -2.21. The van der Waals surface area contributed by atoms with Gasteiger partial charge >= 0.3 is 0 Å². The SMILES string of the molecule is CCNCc1cn(CC(=O)Nc2cc(C)ccc2C)nn1. The maximum Gasteiger partial charge on any atom is 0.246 e. The summed E-state index contributed by atoms with van der Waals surface area (Å²) in [6.07, 6.45) is 1.78. The zero-order valence-electron chi connectivity index (χ0n) is 12.7. The zero-order valence-corrected chi connectivity index (χ0v) is 12.7. The normalized spacial score (nSPS) is 10.6. The highest BCUT2D eigenvalue weighted by Crippen LogP contribution is 2.16. The lowest BCUT2D eigenvalue weighted by atomic mass is 10.1. The first-order chi connectivity index (χ1) is 10.1. The van der Waals surface area contributed by atoms with E-state index >= 15 is 0 Å². The minimum Gasteiger partial charge on any atom is -0.324 e. The van der Waals surface area contributed by atoms with Crippen molar-refractivity contribution in [2.75, 3.05) is 11.9 Å². The van der Waals surface area contributed by atoms with Gasteiger partial charge in [-0.25, -0.2) is 4.68 Å². The summed E-state index contributed by atoms with van der Waals surface area (Å²) in [4.78, 5) is 12.1. The predicted octanol–water partition coefficient (Wildman–Crippen LogP) is 1.64. The summed E-state index contributed by atoms with van der Waals surface area (Å²) in [7, 11) is 0. The summed E-state index contributed by atoms with van der Waals surface area (Å²) >= 11 is 0. The molecule has 2 N–H and O–H groups in total. The number of carbonyl (C=O) groups excluding carboxylic acids is 1. The van der Waals surface area contributed by atoms with Gasteiger partial charge < -0.3 is 10.6 Å². The average molecular weight is 287 g/mol. The van der Waals surface area contributed by atoms with Crippen molar-refractivity contribution in [2.45, 2.75) is 33.9 Å². The molecule has 2 aromatic rings. The monoisotopic (exact) mass is 287 g/mol. The van der Waals surface area contributed by atoms with E-state index in [2.05, 4.69) is 20.9 Å². The minimum atomic E-state index is -0.108. The van der Waals surface area contributed by atoms with Crippen molar-refractivity contribution >= 4 is 11.6 Å². The van der Waals surface area contributed by atoms with E-state index in [1.165, 1.54) is 0 Å². The van der Waals surface area contributed by atoms with Crippen LogP contribution in [0.4, 0.5) is 5.69 Å². The van der Waals surface area contributed by atoms with E-state index in [-0.39, 0.29) is 12.5 Å². The van der Waals surface area contributed by atoms with Gasteiger partial charge in [-0.05, 0) is 37.6 Å². The van der Waals surface area contributed by atoms with Gasteiger partial charge in [-0.3, -0.25) is 4.79 Å². The van der Waals surface area contributed by atoms with E-state index in [1.807, 2.05) is 39.0 Å². The number of anilines is 1. The Balaban J connectivity index is 1.95. The molecule has 6 heteroatoms. The molecule has 2 rings (SSSR count). The van der Waals surface area contributed by atoms with Crippen molar-refractivity contribution in [2.24, 2.45) is 0 Å². The number of aryl methyl sites for hydroxylation is 2. The van der Waals surface area contributed by atoms with Gasteiger partial charge in [0.2, 0.25) is 5.91 Å². The molecule has 0 fully saturated rings. The predicted molar refractivity (Wildman–Crippen MR) is 81.9 cm³/mol. The fourth-order valence-corrected chi connectivity index (χ4v) is 1.96. The Morgan fingerprint density at radius 1 is 1.33 bits per heavy atom. The second-order valence-electron chi connectivity index (χ2n) is 5.05. The van der Waals surface area contributed by atoms with Crippen LogP contribution in [0, 0.1) is 13.8 Å². The number of hydrogen-bond donors (Lipinski definition) is 2. The van der Waals surface area contributed by atoms with Crippen LogP contribution in [0.1, 0.15) is 23.7 Å². The van der Waals surface area contributed by atoms with Gasteiger partial charge in [0.1, 0.15) is 6.54 Å². The third-order valence-corrected chi connectivity index (χ3v) is 3.11. The molecule has 0 radical (unpaired) electrons. The molecule has 1 aromatic heterocycles. The van der Waals surface area contributed by atoms with Gasteiger partial charge in [-0.15, -0.1) is 5.10 Å². The first-order valence-electron chi connectivity index (χ1n) is 7.05. The van der Waals surface area contributed by atoms with Crippen molar-refractivity contribution in [3.8, 4) is 0 Å². The van der Waals surface area contributed by atoms with Crippen molar-refractivity contribution < 1.29 is 4.79 Å². The lowest BCUT2D eigenvalue weighted by Gasteiger charge is -2.09. The standard InChI is InChI=1S/C15H21N5O/c1-4-16-8-13-9-20(19-18-13)10-15(21)17-14-7-11(2)5-6-12(14)3/h5-7,9,16H,4,8,10H2,1-3H3,(H,17,21). The van der Waals surface area contributed by atoms with Gasteiger partial charge in [0.05, 0.1) is 11.9 Å².